The van der Waals surface area contributed by atoms with Gasteiger partial charge >= 0.3 is 0 Å². The molecule has 0 aliphatic carbocycles. The molecule has 1 aliphatic rings. The van der Waals surface area contributed by atoms with E-state index >= 15 is 0 Å². The van der Waals surface area contributed by atoms with E-state index in [1.807, 2.05) is 6.07 Å². The Bertz CT molecular complexity index is 794. The number of nitrogens with zero attached hydrogens (tertiary/aromatic N) is 2. The molecule has 2 aromatic carbocycles. The number of hydrogen-bond donors (Lipinski definition) is 0. The normalized spacial score (nSPS) is 17.6. The van der Waals surface area contributed by atoms with E-state index in [-0.39, 0.29) is 6.23 Å². The van der Waals surface area contributed by atoms with E-state index in [2.05, 4.69) is 83.4 Å². The van der Waals surface area contributed by atoms with Crippen molar-refractivity contribution in [1.29, 1.82) is 0 Å². The van der Waals surface area contributed by atoms with Gasteiger partial charge in [0.15, 0.2) is 6.23 Å². The maximum atomic E-state index is 6.01. The van der Waals surface area contributed by atoms with Gasteiger partial charge in [0.2, 0.25) is 0 Å². The standard InChI is InChI=1S/C20H20N2O/c1-16-6-5-9-19(14-16)22-12-13-23-20(22)17-10-11-21(15-17)18-7-3-2-4-8-18/h2-11,14-15,20H,12-13H2,1H3. The first-order valence-corrected chi connectivity index (χ1v) is 7.99. The van der Waals surface area contributed by atoms with Gasteiger partial charge in [-0.15, -0.1) is 0 Å². The Morgan fingerprint density at radius 1 is 0.957 bits per heavy atom. The number of rotatable bonds is 3. The van der Waals surface area contributed by atoms with Crippen LogP contribution in [0.15, 0.2) is 73.1 Å². The largest absolute Gasteiger partial charge is 0.352 e. The third-order valence-corrected chi connectivity index (χ3v) is 4.28. The zero-order chi connectivity index (χ0) is 15.6. The number of anilines is 1. The molecule has 1 saturated heterocycles. The van der Waals surface area contributed by atoms with E-state index in [4.69, 9.17) is 4.74 Å². The predicted molar refractivity (Wildman–Crippen MR) is 93.0 cm³/mol. The second-order valence-corrected chi connectivity index (χ2v) is 5.94. The summed E-state index contributed by atoms with van der Waals surface area (Å²) in [6.07, 6.45) is 4.25. The fourth-order valence-electron chi connectivity index (χ4n) is 3.14. The van der Waals surface area contributed by atoms with Crippen LogP contribution in [-0.2, 0) is 4.74 Å². The molecule has 1 unspecified atom stereocenters. The average Bonchev–Trinajstić information content (AvgIpc) is 3.25. The van der Waals surface area contributed by atoms with Gasteiger partial charge in [0.1, 0.15) is 0 Å². The molecule has 0 radical (unpaired) electrons. The van der Waals surface area contributed by atoms with Gasteiger partial charge in [-0.05, 0) is 42.8 Å². The van der Waals surface area contributed by atoms with Crippen LogP contribution in [0.4, 0.5) is 5.69 Å². The lowest BCUT2D eigenvalue weighted by molar-refractivity contribution is 0.114. The molecular weight excluding hydrogens is 284 g/mol. The second kappa shape index (κ2) is 5.94. The molecule has 1 atom stereocenters. The summed E-state index contributed by atoms with van der Waals surface area (Å²) >= 11 is 0. The van der Waals surface area contributed by atoms with Crippen molar-refractivity contribution in [3.63, 3.8) is 0 Å². The smallest absolute Gasteiger partial charge is 0.158 e. The molecule has 0 bridgehead atoms. The molecule has 1 fully saturated rings. The average molecular weight is 304 g/mol. The van der Waals surface area contributed by atoms with Gasteiger partial charge in [-0.25, -0.2) is 0 Å². The Morgan fingerprint density at radius 3 is 2.61 bits per heavy atom. The molecule has 3 heteroatoms. The predicted octanol–water partition coefficient (Wildman–Crippen LogP) is 4.32. The molecular formula is C20H20N2O. The molecule has 0 N–H and O–H groups in total. The van der Waals surface area contributed by atoms with E-state index in [1.54, 1.807) is 0 Å². The lowest BCUT2D eigenvalue weighted by Gasteiger charge is -2.25. The van der Waals surface area contributed by atoms with Crippen LogP contribution < -0.4 is 4.90 Å². The molecule has 3 aromatic rings. The first-order valence-electron chi connectivity index (χ1n) is 7.99. The van der Waals surface area contributed by atoms with Crippen molar-refractivity contribution in [2.75, 3.05) is 18.1 Å². The van der Waals surface area contributed by atoms with Crippen molar-refractivity contribution in [1.82, 2.24) is 4.57 Å². The summed E-state index contributed by atoms with van der Waals surface area (Å²) in [5.74, 6) is 0. The van der Waals surface area contributed by atoms with Gasteiger partial charge in [0.05, 0.1) is 6.61 Å². The maximum absolute atomic E-state index is 6.01. The van der Waals surface area contributed by atoms with Gasteiger partial charge in [-0.3, -0.25) is 0 Å². The number of aromatic nitrogens is 1. The molecule has 1 aliphatic heterocycles. The van der Waals surface area contributed by atoms with Gasteiger partial charge in [0, 0.05) is 35.9 Å². The van der Waals surface area contributed by atoms with Crippen LogP contribution in [0.2, 0.25) is 0 Å². The van der Waals surface area contributed by atoms with Crippen LogP contribution in [0.3, 0.4) is 0 Å². The third-order valence-electron chi connectivity index (χ3n) is 4.28. The van der Waals surface area contributed by atoms with Gasteiger partial charge < -0.3 is 14.2 Å². The second-order valence-electron chi connectivity index (χ2n) is 5.94. The van der Waals surface area contributed by atoms with Crippen molar-refractivity contribution in [2.24, 2.45) is 0 Å². The van der Waals surface area contributed by atoms with Crippen LogP contribution in [0.1, 0.15) is 17.4 Å². The molecule has 0 amide bonds. The summed E-state index contributed by atoms with van der Waals surface area (Å²) in [5.41, 5.74) is 4.85. The van der Waals surface area contributed by atoms with E-state index in [0.717, 1.165) is 13.2 Å². The van der Waals surface area contributed by atoms with E-state index < -0.39 is 0 Å². The monoisotopic (exact) mass is 304 g/mol. The topological polar surface area (TPSA) is 17.4 Å². The summed E-state index contributed by atoms with van der Waals surface area (Å²) in [5, 5.41) is 0. The molecule has 23 heavy (non-hydrogen) atoms. The Hall–Kier alpha value is -2.52. The number of aryl methyl sites for hydroxylation is 1. The Labute approximate surface area is 136 Å². The van der Waals surface area contributed by atoms with Crippen LogP contribution in [0, 0.1) is 6.92 Å². The minimum absolute atomic E-state index is 0.0123. The number of para-hydroxylation sites is 1. The third kappa shape index (κ3) is 2.76. The van der Waals surface area contributed by atoms with Crippen molar-refractivity contribution in [2.45, 2.75) is 13.2 Å². The Kier molecular flexibility index (Phi) is 3.64. The molecule has 116 valence electrons. The van der Waals surface area contributed by atoms with Crippen LogP contribution in [0.25, 0.3) is 5.69 Å². The molecule has 3 nitrogen and oxygen atoms in total. The Balaban J connectivity index is 1.63. The molecule has 2 heterocycles. The first kappa shape index (κ1) is 14.1. The summed E-state index contributed by atoms with van der Waals surface area (Å²) in [4.78, 5) is 2.33. The SMILES string of the molecule is Cc1cccc(N2CCOC2c2ccn(-c3ccccc3)c2)c1. The lowest BCUT2D eigenvalue weighted by atomic mass is 10.2. The van der Waals surface area contributed by atoms with Crippen LogP contribution >= 0.6 is 0 Å². The minimum atomic E-state index is -0.0123. The van der Waals surface area contributed by atoms with Gasteiger partial charge in [-0.2, -0.15) is 0 Å². The molecule has 4 rings (SSSR count). The Morgan fingerprint density at radius 2 is 1.78 bits per heavy atom. The summed E-state index contributed by atoms with van der Waals surface area (Å²) < 4.78 is 8.15. The van der Waals surface area contributed by atoms with Crippen molar-refractivity contribution in [3.05, 3.63) is 84.2 Å². The number of benzene rings is 2. The minimum Gasteiger partial charge on any atom is -0.352 e. The molecule has 1 aromatic heterocycles. The lowest BCUT2D eigenvalue weighted by Crippen LogP contribution is -2.23. The zero-order valence-corrected chi connectivity index (χ0v) is 13.2. The van der Waals surface area contributed by atoms with E-state index in [1.165, 1.54) is 22.5 Å². The quantitative estimate of drug-likeness (QED) is 0.717. The van der Waals surface area contributed by atoms with Crippen molar-refractivity contribution >= 4 is 5.69 Å². The van der Waals surface area contributed by atoms with Crippen molar-refractivity contribution in [3.8, 4) is 5.69 Å². The summed E-state index contributed by atoms with van der Waals surface area (Å²) in [7, 11) is 0. The highest BCUT2D eigenvalue weighted by Crippen LogP contribution is 2.33. The summed E-state index contributed by atoms with van der Waals surface area (Å²) in [6, 6.07) is 21.1. The fraction of sp³-hybridized carbons (Fsp3) is 0.200. The first-order chi connectivity index (χ1) is 11.3. The van der Waals surface area contributed by atoms with E-state index in [0.29, 0.717) is 0 Å². The summed E-state index contributed by atoms with van der Waals surface area (Å²) in [6.45, 7) is 3.81. The fourth-order valence-corrected chi connectivity index (χ4v) is 3.14. The highest BCUT2D eigenvalue weighted by molar-refractivity contribution is 5.51. The number of ether oxygens (including phenoxy) is 1. The molecule has 0 saturated carbocycles. The maximum Gasteiger partial charge on any atom is 0.158 e. The molecule has 0 spiro atoms. The van der Waals surface area contributed by atoms with Crippen LogP contribution in [-0.4, -0.2) is 17.7 Å². The highest BCUT2D eigenvalue weighted by Gasteiger charge is 2.27. The number of hydrogen-bond acceptors (Lipinski definition) is 2. The van der Waals surface area contributed by atoms with Crippen LogP contribution in [0.5, 0.6) is 0 Å². The highest BCUT2D eigenvalue weighted by atomic mass is 16.5. The van der Waals surface area contributed by atoms with Crippen molar-refractivity contribution < 1.29 is 4.74 Å². The van der Waals surface area contributed by atoms with Gasteiger partial charge in [0.25, 0.3) is 0 Å². The zero-order valence-electron chi connectivity index (χ0n) is 13.2. The van der Waals surface area contributed by atoms with Gasteiger partial charge in [-0.1, -0.05) is 30.3 Å². The van der Waals surface area contributed by atoms with E-state index in [9.17, 15) is 0 Å².